The molecule has 350 valence electrons. The van der Waals surface area contributed by atoms with Crippen molar-refractivity contribution >= 4 is 61.1 Å². The molecule has 0 radical (unpaired) electrons. The molecule has 1 unspecified atom stereocenters. The van der Waals surface area contributed by atoms with Crippen molar-refractivity contribution in [2.45, 2.75) is 140 Å². The molecule has 2 fully saturated rings. The Hall–Kier alpha value is -6.38. The monoisotopic (exact) mass is 913 g/mol. The van der Waals surface area contributed by atoms with E-state index in [1.807, 2.05) is 0 Å². The fourth-order valence-electron chi connectivity index (χ4n) is 14.6. The molecule has 7 aromatic carbocycles. The zero-order chi connectivity index (χ0) is 47.1. The quantitative estimate of drug-likeness (QED) is 0.140. The fourth-order valence-corrected chi connectivity index (χ4v) is 14.6. The summed E-state index contributed by atoms with van der Waals surface area (Å²) in [5.41, 5.74) is 21.0. The van der Waals surface area contributed by atoms with E-state index >= 15 is 0 Å². The third-order valence-corrected chi connectivity index (χ3v) is 18.0. The average molecular weight is 913 g/mol. The lowest BCUT2D eigenvalue weighted by atomic mass is 9.74. The van der Waals surface area contributed by atoms with Gasteiger partial charge in [0.2, 0.25) is 0 Å². The van der Waals surface area contributed by atoms with Gasteiger partial charge in [0.25, 0.3) is 0 Å². The van der Waals surface area contributed by atoms with E-state index < -0.39 is 0 Å². The van der Waals surface area contributed by atoms with Crippen molar-refractivity contribution in [3.05, 3.63) is 208 Å². The molecule has 0 bridgehead atoms. The van der Waals surface area contributed by atoms with Gasteiger partial charge in [0.15, 0.2) is 0 Å². The number of hydrogen-bond donors (Lipinski definition) is 0. The van der Waals surface area contributed by atoms with Gasteiger partial charge in [-0.25, -0.2) is 0 Å². The summed E-state index contributed by atoms with van der Waals surface area (Å²) < 4.78 is 0. The molecule has 0 amide bonds. The molecular formula is C68H68N2. The molecule has 70 heavy (non-hydrogen) atoms. The number of para-hydroxylation sites is 2. The van der Waals surface area contributed by atoms with Crippen LogP contribution in [0.4, 0.5) is 28.4 Å². The molecule has 1 atom stereocenters. The Kier molecular flexibility index (Phi) is 10.7. The van der Waals surface area contributed by atoms with Crippen molar-refractivity contribution in [2.24, 2.45) is 0 Å². The van der Waals surface area contributed by atoms with Gasteiger partial charge < -0.3 is 9.80 Å². The largest absolute Gasteiger partial charge is 0.334 e. The van der Waals surface area contributed by atoms with Crippen LogP contribution in [0.25, 0.3) is 32.7 Å². The minimum atomic E-state index is -0.0518. The highest BCUT2D eigenvalue weighted by molar-refractivity contribution is 6.09. The highest BCUT2D eigenvalue weighted by Gasteiger charge is 2.41. The van der Waals surface area contributed by atoms with E-state index in [0.717, 1.165) is 19.3 Å². The lowest BCUT2D eigenvalue weighted by molar-refractivity contribution is 0.445. The Labute approximate surface area is 417 Å². The van der Waals surface area contributed by atoms with E-state index in [1.54, 1.807) is 16.7 Å². The van der Waals surface area contributed by atoms with Crippen LogP contribution in [-0.2, 0) is 10.8 Å². The summed E-state index contributed by atoms with van der Waals surface area (Å²) in [6.45, 7) is 9.76. The molecule has 0 aliphatic heterocycles. The number of hydrogen-bond acceptors (Lipinski definition) is 2. The van der Waals surface area contributed by atoms with Gasteiger partial charge in [-0.1, -0.05) is 175 Å². The molecular weight excluding hydrogens is 845 g/mol. The van der Waals surface area contributed by atoms with Gasteiger partial charge in [-0.3, -0.25) is 0 Å². The Balaban J connectivity index is 1.03. The predicted molar refractivity (Wildman–Crippen MR) is 299 cm³/mol. The number of anilines is 5. The standard InChI is InChI=1S/C68H68N2/c1-67(2)61-31-19-17-29-53(61)55-37-33-51(43-63(55)67)69(47-25-13-7-14-26-47)49-35-39-57-59(41-49)66(46-23-11-6-12-24-46)60-42-50(36-40-58(60)65(57)45-21-9-5-10-22-45)70(48-27-15-8-16-28-48)52-34-38-56-54-30-18-20-32-62(54)68(3,4)64(56)44-52/h7-8,13-19,25-31,34-46,51H,5-6,9-12,20-24,32-33H2,1-4H3. The molecule has 7 aromatic rings. The molecule has 6 aliphatic carbocycles. The molecule has 6 aliphatic rings. The molecule has 2 heteroatoms. The van der Waals surface area contributed by atoms with Crippen LogP contribution in [0.2, 0.25) is 0 Å². The normalized spacial score (nSPS) is 20.4. The first-order chi connectivity index (χ1) is 34.3. The fraction of sp³-hybridized carbons (Fsp3) is 0.324. The molecule has 0 spiro atoms. The maximum atomic E-state index is 2.68. The van der Waals surface area contributed by atoms with Crippen LogP contribution in [0.1, 0.15) is 156 Å². The van der Waals surface area contributed by atoms with Crippen molar-refractivity contribution in [2.75, 3.05) is 9.80 Å². The molecule has 13 rings (SSSR count). The minimum Gasteiger partial charge on any atom is -0.334 e. The first-order valence-electron chi connectivity index (χ1n) is 27.1. The zero-order valence-corrected chi connectivity index (χ0v) is 41.9. The molecule has 2 saturated carbocycles. The molecule has 0 saturated heterocycles. The average Bonchev–Trinajstić information content (AvgIpc) is 3.78. The highest BCUT2D eigenvalue weighted by atomic mass is 15.2. The van der Waals surface area contributed by atoms with Gasteiger partial charge in [0, 0.05) is 39.3 Å². The van der Waals surface area contributed by atoms with Crippen LogP contribution in [0.5, 0.6) is 0 Å². The van der Waals surface area contributed by atoms with Crippen LogP contribution in [0.15, 0.2) is 175 Å². The zero-order valence-electron chi connectivity index (χ0n) is 41.9. The van der Waals surface area contributed by atoms with Crippen LogP contribution < -0.4 is 9.80 Å². The molecule has 2 nitrogen and oxygen atoms in total. The van der Waals surface area contributed by atoms with Crippen LogP contribution >= 0.6 is 0 Å². The second kappa shape index (κ2) is 17.2. The summed E-state index contributed by atoms with van der Waals surface area (Å²) >= 11 is 0. The van der Waals surface area contributed by atoms with Crippen molar-refractivity contribution in [3.8, 4) is 0 Å². The van der Waals surface area contributed by atoms with Gasteiger partial charge in [0.05, 0.1) is 6.04 Å². The summed E-state index contributed by atoms with van der Waals surface area (Å²) in [4.78, 5) is 5.24. The molecule has 0 N–H and O–H groups in total. The number of nitrogens with zero attached hydrogens (tertiary/aromatic N) is 2. The molecule has 0 heterocycles. The van der Waals surface area contributed by atoms with E-state index in [4.69, 9.17) is 0 Å². The van der Waals surface area contributed by atoms with Crippen LogP contribution in [-0.4, -0.2) is 6.04 Å². The van der Waals surface area contributed by atoms with Crippen LogP contribution in [0.3, 0.4) is 0 Å². The Morgan fingerprint density at radius 2 is 1.07 bits per heavy atom. The van der Waals surface area contributed by atoms with Crippen LogP contribution in [0, 0.1) is 0 Å². The topological polar surface area (TPSA) is 6.48 Å². The maximum absolute atomic E-state index is 2.68. The van der Waals surface area contributed by atoms with E-state index in [-0.39, 0.29) is 16.9 Å². The molecule has 0 aromatic heterocycles. The third-order valence-electron chi connectivity index (χ3n) is 18.0. The summed E-state index contributed by atoms with van der Waals surface area (Å²) in [7, 11) is 0. The summed E-state index contributed by atoms with van der Waals surface area (Å²) in [6, 6.07) is 54.5. The van der Waals surface area contributed by atoms with E-state index in [2.05, 4.69) is 201 Å². The van der Waals surface area contributed by atoms with E-state index in [0.29, 0.717) is 11.8 Å². The second-order valence-corrected chi connectivity index (χ2v) is 22.7. The van der Waals surface area contributed by atoms with Gasteiger partial charge in [-0.05, 0) is 189 Å². The SMILES string of the molecule is CC1(C)C2=CC(N(c3ccccc3)c3ccc4c(C5CCCCC5)c5ccc(N(c6ccccc6)c6ccc7c(c6)C(C)(C)C6=C7C=CCC6)cc5c(C5CCCCC5)c4c3)CC=C2c2ccccc21. The van der Waals surface area contributed by atoms with E-state index in [1.165, 1.54) is 153 Å². The van der Waals surface area contributed by atoms with Gasteiger partial charge in [0.1, 0.15) is 0 Å². The Morgan fingerprint density at radius 1 is 0.486 bits per heavy atom. The number of fused-ring (bicyclic) bond motifs is 7. The van der Waals surface area contributed by atoms with Gasteiger partial charge in [-0.15, -0.1) is 0 Å². The van der Waals surface area contributed by atoms with Crippen molar-refractivity contribution in [1.29, 1.82) is 0 Å². The second-order valence-electron chi connectivity index (χ2n) is 22.7. The first kappa shape index (κ1) is 43.6. The minimum absolute atomic E-state index is 0.00453. The van der Waals surface area contributed by atoms with Crippen molar-refractivity contribution in [3.63, 3.8) is 0 Å². The highest BCUT2D eigenvalue weighted by Crippen LogP contribution is 2.55. The van der Waals surface area contributed by atoms with Crippen molar-refractivity contribution in [1.82, 2.24) is 0 Å². The Morgan fingerprint density at radius 3 is 1.77 bits per heavy atom. The van der Waals surface area contributed by atoms with Gasteiger partial charge >= 0.3 is 0 Å². The first-order valence-corrected chi connectivity index (χ1v) is 27.1. The lowest BCUT2D eigenvalue weighted by Gasteiger charge is -2.36. The van der Waals surface area contributed by atoms with Gasteiger partial charge in [-0.2, -0.15) is 0 Å². The van der Waals surface area contributed by atoms with E-state index in [9.17, 15) is 0 Å². The predicted octanol–water partition coefficient (Wildman–Crippen LogP) is 19.2. The van der Waals surface area contributed by atoms with Crippen molar-refractivity contribution < 1.29 is 0 Å². The Bertz CT molecular complexity index is 3310. The summed E-state index contributed by atoms with van der Waals surface area (Å²) in [5.74, 6) is 1.06. The number of benzene rings is 7. The summed E-state index contributed by atoms with van der Waals surface area (Å²) in [5, 5.41) is 5.94. The maximum Gasteiger partial charge on any atom is 0.0563 e. The third kappa shape index (κ3) is 7.02. The smallest absolute Gasteiger partial charge is 0.0563 e. The number of rotatable bonds is 8. The lowest BCUT2D eigenvalue weighted by Crippen LogP contribution is -2.32. The summed E-state index contributed by atoms with van der Waals surface area (Å²) in [6.07, 6.45) is 26.1. The number of allylic oxidation sites excluding steroid dienone is 6.